The van der Waals surface area contributed by atoms with Crippen LogP contribution in [-0.2, 0) is 6.54 Å². The molecule has 0 radical (unpaired) electrons. The summed E-state index contributed by atoms with van der Waals surface area (Å²) in [5, 5.41) is 6.59. The number of nitrogens with zero attached hydrogens (tertiary/aromatic N) is 7. The lowest BCUT2D eigenvalue weighted by Gasteiger charge is -2.20. The first-order chi connectivity index (χ1) is 16.7. The normalized spacial score (nSPS) is 11.0. The largest absolute Gasteiger partial charge is 0.347 e. The van der Waals surface area contributed by atoms with Crippen molar-refractivity contribution >= 4 is 34.6 Å². The van der Waals surface area contributed by atoms with Gasteiger partial charge in [-0.1, -0.05) is 12.1 Å². The zero-order chi connectivity index (χ0) is 23.3. The highest BCUT2D eigenvalue weighted by molar-refractivity contribution is 5.74. The maximum atomic E-state index is 4.65. The van der Waals surface area contributed by atoms with Crippen LogP contribution in [0.3, 0.4) is 0 Å². The number of benzene rings is 2. The van der Waals surface area contributed by atoms with Gasteiger partial charge >= 0.3 is 0 Å². The molecule has 0 aliphatic carbocycles. The molecular formula is C24H26N10. The fourth-order valence-corrected chi connectivity index (χ4v) is 3.66. The summed E-state index contributed by atoms with van der Waals surface area (Å²) in [5.41, 5.74) is 3.83. The van der Waals surface area contributed by atoms with E-state index >= 15 is 0 Å². The molecular weight excluding hydrogens is 428 g/mol. The first-order valence-electron chi connectivity index (χ1n) is 11.3. The number of para-hydroxylation sites is 2. The minimum Gasteiger partial charge on any atom is -0.347 e. The van der Waals surface area contributed by atoms with Crippen LogP contribution in [0.4, 0.5) is 23.5 Å². The predicted octanol–water partition coefficient (Wildman–Crippen LogP) is 4.14. The highest BCUT2D eigenvalue weighted by Crippen LogP contribution is 2.20. The van der Waals surface area contributed by atoms with Gasteiger partial charge in [0.2, 0.25) is 17.8 Å². The van der Waals surface area contributed by atoms with Gasteiger partial charge in [0.15, 0.2) is 0 Å². The van der Waals surface area contributed by atoms with E-state index in [-0.39, 0.29) is 0 Å². The molecule has 10 heteroatoms. The summed E-state index contributed by atoms with van der Waals surface area (Å²) in [7, 11) is 0. The van der Waals surface area contributed by atoms with Crippen LogP contribution in [0.5, 0.6) is 0 Å². The van der Waals surface area contributed by atoms with E-state index in [0.717, 1.165) is 41.3 Å². The molecule has 0 saturated heterocycles. The number of rotatable bonds is 9. The molecule has 3 aromatic heterocycles. The molecule has 2 aromatic carbocycles. The van der Waals surface area contributed by atoms with Crippen LogP contribution in [0.2, 0.25) is 0 Å². The molecule has 3 heterocycles. The topological polar surface area (TPSA) is 112 Å². The Morgan fingerprint density at radius 2 is 1.71 bits per heavy atom. The van der Waals surface area contributed by atoms with Gasteiger partial charge in [-0.05, 0) is 50.2 Å². The summed E-state index contributed by atoms with van der Waals surface area (Å²) in [6.45, 7) is 6.22. The molecule has 0 amide bonds. The van der Waals surface area contributed by atoms with Crippen molar-refractivity contribution in [1.82, 2.24) is 34.5 Å². The molecule has 0 aliphatic heterocycles. The van der Waals surface area contributed by atoms with E-state index < -0.39 is 0 Å². The van der Waals surface area contributed by atoms with Crippen molar-refractivity contribution in [3.05, 3.63) is 73.1 Å². The SMILES string of the molecule is CCN(CC)c1nc(NCc2nc3ccccc3[nH]2)nc(Nc2ccc(-n3ccnc3)cc2)n1. The van der Waals surface area contributed by atoms with Gasteiger partial charge in [-0.15, -0.1) is 0 Å². The zero-order valence-corrected chi connectivity index (χ0v) is 19.1. The van der Waals surface area contributed by atoms with Gasteiger partial charge in [-0.25, -0.2) is 9.97 Å². The van der Waals surface area contributed by atoms with Crippen molar-refractivity contribution in [3.63, 3.8) is 0 Å². The van der Waals surface area contributed by atoms with E-state index in [9.17, 15) is 0 Å². The van der Waals surface area contributed by atoms with E-state index in [1.165, 1.54) is 0 Å². The van der Waals surface area contributed by atoms with Crippen LogP contribution in [0, 0.1) is 0 Å². The number of nitrogens with one attached hydrogen (secondary N) is 3. The molecule has 0 aliphatic rings. The van der Waals surface area contributed by atoms with Gasteiger partial charge < -0.3 is 25.1 Å². The average molecular weight is 455 g/mol. The van der Waals surface area contributed by atoms with Gasteiger partial charge in [0.1, 0.15) is 5.82 Å². The summed E-state index contributed by atoms with van der Waals surface area (Å²) in [5.74, 6) is 2.38. The second-order valence-electron chi connectivity index (χ2n) is 7.65. The summed E-state index contributed by atoms with van der Waals surface area (Å²) >= 11 is 0. The molecule has 0 spiro atoms. The fraction of sp³-hybridized carbons (Fsp3) is 0.208. The summed E-state index contributed by atoms with van der Waals surface area (Å²) in [6.07, 6.45) is 5.43. The van der Waals surface area contributed by atoms with Crippen LogP contribution in [-0.4, -0.2) is 47.6 Å². The number of H-pyrrole nitrogens is 1. The molecule has 0 bridgehead atoms. The average Bonchev–Trinajstić information content (AvgIpc) is 3.54. The van der Waals surface area contributed by atoms with E-state index in [2.05, 4.69) is 59.3 Å². The summed E-state index contributed by atoms with van der Waals surface area (Å²) < 4.78 is 1.95. The Bertz CT molecular complexity index is 1320. The van der Waals surface area contributed by atoms with Crippen LogP contribution in [0.1, 0.15) is 19.7 Å². The Morgan fingerprint density at radius 3 is 2.44 bits per heavy atom. The summed E-state index contributed by atoms with van der Waals surface area (Å²) in [4.78, 5) is 28.0. The minimum atomic E-state index is 0.468. The number of anilines is 4. The minimum absolute atomic E-state index is 0.468. The van der Waals surface area contributed by atoms with E-state index in [1.807, 2.05) is 59.3 Å². The smallest absolute Gasteiger partial charge is 0.233 e. The van der Waals surface area contributed by atoms with Crippen LogP contribution < -0.4 is 15.5 Å². The highest BCUT2D eigenvalue weighted by Gasteiger charge is 2.12. The maximum Gasteiger partial charge on any atom is 0.233 e. The standard InChI is InChI=1S/C24H26N10/c1-3-33(4-2)24-31-22(26-15-21-28-19-7-5-6-8-20(19)29-21)30-23(32-24)27-17-9-11-18(12-10-17)34-14-13-25-16-34/h5-14,16H,3-4,15H2,1-2H3,(H,28,29)(H2,26,27,30,31,32). The number of fused-ring (bicyclic) bond motifs is 1. The van der Waals surface area contributed by atoms with E-state index in [1.54, 1.807) is 12.5 Å². The number of aromatic amines is 1. The molecule has 5 rings (SSSR count). The third-order valence-corrected chi connectivity index (χ3v) is 5.45. The highest BCUT2D eigenvalue weighted by atomic mass is 15.3. The molecule has 172 valence electrons. The Kier molecular flexibility index (Phi) is 6.02. The number of imidazole rings is 2. The van der Waals surface area contributed by atoms with Gasteiger partial charge in [0.25, 0.3) is 0 Å². The molecule has 0 saturated carbocycles. The first kappa shape index (κ1) is 21.4. The molecule has 0 unspecified atom stereocenters. The third kappa shape index (κ3) is 4.65. The van der Waals surface area contributed by atoms with Gasteiger partial charge in [0.05, 0.1) is 23.9 Å². The first-order valence-corrected chi connectivity index (χ1v) is 11.3. The van der Waals surface area contributed by atoms with Gasteiger partial charge in [-0.2, -0.15) is 15.0 Å². The molecule has 5 aromatic rings. The Hall–Kier alpha value is -4.47. The molecule has 10 nitrogen and oxygen atoms in total. The van der Waals surface area contributed by atoms with Crippen LogP contribution in [0.25, 0.3) is 16.7 Å². The number of aromatic nitrogens is 7. The lowest BCUT2D eigenvalue weighted by molar-refractivity contribution is 0.812. The van der Waals surface area contributed by atoms with Crippen LogP contribution >= 0.6 is 0 Å². The predicted molar refractivity (Wildman–Crippen MR) is 134 cm³/mol. The van der Waals surface area contributed by atoms with Crippen LogP contribution in [0.15, 0.2) is 67.3 Å². The van der Waals surface area contributed by atoms with Crippen molar-refractivity contribution in [1.29, 1.82) is 0 Å². The van der Waals surface area contributed by atoms with Crippen molar-refractivity contribution in [3.8, 4) is 5.69 Å². The summed E-state index contributed by atoms with van der Waals surface area (Å²) in [6, 6.07) is 15.9. The van der Waals surface area contributed by atoms with Crippen molar-refractivity contribution < 1.29 is 0 Å². The van der Waals surface area contributed by atoms with Crippen molar-refractivity contribution in [2.24, 2.45) is 0 Å². The third-order valence-electron chi connectivity index (χ3n) is 5.45. The molecule has 3 N–H and O–H groups in total. The monoisotopic (exact) mass is 454 g/mol. The zero-order valence-electron chi connectivity index (χ0n) is 19.1. The molecule has 0 atom stereocenters. The number of hydrogen-bond donors (Lipinski definition) is 3. The fourth-order valence-electron chi connectivity index (χ4n) is 3.66. The van der Waals surface area contributed by atoms with E-state index in [0.29, 0.717) is 24.4 Å². The Morgan fingerprint density at radius 1 is 0.912 bits per heavy atom. The van der Waals surface area contributed by atoms with E-state index in [4.69, 9.17) is 0 Å². The second kappa shape index (κ2) is 9.57. The van der Waals surface area contributed by atoms with Crippen molar-refractivity contribution in [2.75, 3.05) is 28.6 Å². The molecule has 34 heavy (non-hydrogen) atoms. The quantitative estimate of drug-likeness (QED) is 0.305. The molecule has 0 fully saturated rings. The Balaban J connectivity index is 1.37. The lowest BCUT2D eigenvalue weighted by Crippen LogP contribution is -2.25. The second-order valence-corrected chi connectivity index (χ2v) is 7.65. The number of hydrogen-bond acceptors (Lipinski definition) is 8. The lowest BCUT2D eigenvalue weighted by atomic mass is 10.3. The van der Waals surface area contributed by atoms with Gasteiger partial charge in [-0.3, -0.25) is 0 Å². The Labute approximate surface area is 197 Å². The maximum absolute atomic E-state index is 4.65. The van der Waals surface area contributed by atoms with Gasteiger partial charge in [0, 0.05) is 36.9 Å². The van der Waals surface area contributed by atoms with Crippen molar-refractivity contribution in [2.45, 2.75) is 20.4 Å².